The zero-order valence-electron chi connectivity index (χ0n) is 15.0. The van der Waals surface area contributed by atoms with E-state index in [0.717, 1.165) is 17.7 Å². The summed E-state index contributed by atoms with van der Waals surface area (Å²) in [6.45, 7) is 2.55. The number of hydrogen-bond acceptors (Lipinski definition) is 3. The van der Waals surface area contributed by atoms with Gasteiger partial charge in [-0.1, -0.05) is 24.3 Å². The van der Waals surface area contributed by atoms with E-state index in [0.29, 0.717) is 24.2 Å². The van der Waals surface area contributed by atoms with E-state index in [9.17, 15) is 9.59 Å². The SMILES string of the molecule is Cc1ccc(N)cc1C(=O)N(C)C1CCCN(c2ccccc2)C1=O.Cl. The van der Waals surface area contributed by atoms with E-state index in [-0.39, 0.29) is 24.2 Å². The Morgan fingerprint density at radius 1 is 1.19 bits per heavy atom. The summed E-state index contributed by atoms with van der Waals surface area (Å²) in [6, 6.07) is 14.4. The van der Waals surface area contributed by atoms with Crippen LogP contribution in [-0.2, 0) is 4.79 Å². The number of piperidine rings is 1. The molecule has 138 valence electrons. The van der Waals surface area contributed by atoms with Crippen LogP contribution >= 0.6 is 12.4 Å². The lowest BCUT2D eigenvalue weighted by Gasteiger charge is -2.37. The first-order valence-electron chi connectivity index (χ1n) is 8.49. The predicted molar refractivity (Wildman–Crippen MR) is 107 cm³/mol. The van der Waals surface area contributed by atoms with Crippen LogP contribution in [0.2, 0.25) is 0 Å². The van der Waals surface area contributed by atoms with E-state index in [1.165, 1.54) is 0 Å². The average Bonchev–Trinajstić information content (AvgIpc) is 2.63. The average molecular weight is 374 g/mol. The van der Waals surface area contributed by atoms with Crippen molar-refractivity contribution in [2.75, 3.05) is 24.2 Å². The maximum Gasteiger partial charge on any atom is 0.254 e. The zero-order chi connectivity index (χ0) is 18.0. The lowest BCUT2D eigenvalue weighted by atomic mass is 10.0. The molecule has 1 heterocycles. The molecule has 2 amide bonds. The molecule has 2 aromatic rings. The minimum absolute atomic E-state index is 0. The van der Waals surface area contributed by atoms with Gasteiger partial charge in [0, 0.05) is 30.5 Å². The van der Waals surface area contributed by atoms with Crippen LogP contribution in [0.5, 0.6) is 0 Å². The Hall–Kier alpha value is -2.53. The molecule has 1 aliphatic heterocycles. The fourth-order valence-electron chi connectivity index (χ4n) is 3.28. The minimum Gasteiger partial charge on any atom is -0.399 e. The quantitative estimate of drug-likeness (QED) is 0.839. The number of hydrogen-bond donors (Lipinski definition) is 1. The van der Waals surface area contributed by atoms with Crippen LogP contribution in [0.3, 0.4) is 0 Å². The molecule has 3 rings (SSSR count). The number of halogens is 1. The van der Waals surface area contributed by atoms with Crippen molar-refractivity contribution >= 4 is 35.6 Å². The van der Waals surface area contributed by atoms with Crippen molar-refractivity contribution in [1.82, 2.24) is 4.90 Å². The standard InChI is InChI=1S/C20H23N3O2.ClH/c1-14-10-11-15(21)13-17(14)19(24)22(2)18-9-6-12-23(20(18)25)16-7-4-3-5-8-16;/h3-5,7-8,10-11,13,18H,6,9,12,21H2,1-2H3;1H. The molecule has 5 nitrogen and oxygen atoms in total. The van der Waals surface area contributed by atoms with Gasteiger partial charge in [-0.25, -0.2) is 0 Å². The summed E-state index contributed by atoms with van der Waals surface area (Å²) in [4.78, 5) is 29.2. The number of carbonyl (C=O) groups excluding carboxylic acids is 2. The predicted octanol–water partition coefficient (Wildman–Crippen LogP) is 3.27. The monoisotopic (exact) mass is 373 g/mol. The highest BCUT2D eigenvalue weighted by molar-refractivity contribution is 6.03. The highest BCUT2D eigenvalue weighted by Gasteiger charge is 2.35. The Morgan fingerprint density at radius 2 is 1.88 bits per heavy atom. The van der Waals surface area contributed by atoms with Crippen LogP contribution in [0, 0.1) is 6.92 Å². The summed E-state index contributed by atoms with van der Waals surface area (Å²) in [5.41, 5.74) is 8.65. The van der Waals surface area contributed by atoms with E-state index in [1.807, 2.05) is 43.3 Å². The van der Waals surface area contributed by atoms with Crippen LogP contribution < -0.4 is 10.6 Å². The zero-order valence-corrected chi connectivity index (χ0v) is 15.8. The molecule has 2 aromatic carbocycles. The molecule has 0 spiro atoms. The molecular formula is C20H24ClN3O2. The highest BCUT2D eigenvalue weighted by atomic mass is 35.5. The summed E-state index contributed by atoms with van der Waals surface area (Å²) in [5, 5.41) is 0. The number of likely N-dealkylation sites (N-methyl/N-ethyl adjacent to an activating group) is 1. The lowest BCUT2D eigenvalue weighted by molar-refractivity contribution is -0.124. The van der Waals surface area contributed by atoms with Crippen molar-refractivity contribution in [3.05, 3.63) is 59.7 Å². The Bertz CT molecular complexity index is 795. The smallest absolute Gasteiger partial charge is 0.254 e. The number of para-hydroxylation sites is 1. The van der Waals surface area contributed by atoms with Crippen molar-refractivity contribution in [3.8, 4) is 0 Å². The van der Waals surface area contributed by atoms with Crippen LogP contribution in [0.1, 0.15) is 28.8 Å². The second-order valence-electron chi connectivity index (χ2n) is 6.47. The molecule has 0 bridgehead atoms. The van der Waals surface area contributed by atoms with Gasteiger partial charge in [0.05, 0.1) is 0 Å². The van der Waals surface area contributed by atoms with E-state index < -0.39 is 6.04 Å². The van der Waals surface area contributed by atoms with E-state index >= 15 is 0 Å². The van der Waals surface area contributed by atoms with Crippen molar-refractivity contribution < 1.29 is 9.59 Å². The van der Waals surface area contributed by atoms with Crippen LogP contribution in [0.25, 0.3) is 0 Å². The molecule has 1 saturated heterocycles. The first kappa shape index (κ1) is 19.8. The Morgan fingerprint density at radius 3 is 2.58 bits per heavy atom. The van der Waals surface area contributed by atoms with Crippen LogP contribution in [0.15, 0.2) is 48.5 Å². The Balaban J connectivity index is 0.00000243. The first-order chi connectivity index (χ1) is 12.0. The molecule has 6 heteroatoms. The minimum atomic E-state index is -0.456. The maximum absolute atomic E-state index is 13.0. The van der Waals surface area contributed by atoms with E-state index in [4.69, 9.17) is 5.73 Å². The van der Waals surface area contributed by atoms with Crippen molar-refractivity contribution in [3.63, 3.8) is 0 Å². The summed E-state index contributed by atoms with van der Waals surface area (Å²) >= 11 is 0. The van der Waals surface area contributed by atoms with Gasteiger partial charge >= 0.3 is 0 Å². The number of carbonyl (C=O) groups is 2. The van der Waals surface area contributed by atoms with Gasteiger partial charge in [0.1, 0.15) is 6.04 Å². The summed E-state index contributed by atoms with van der Waals surface area (Å²) < 4.78 is 0. The molecule has 0 radical (unpaired) electrons. The number of nitrogen functional groups attached to an aromatic ring is 1. The number of nitrogens with zero attached hydrogens (tertiary/aromatic N) is 2. The summed E-state index contributed by atoms with van der Waals surface area (Å²) in [6.07, 6.45) is 1.53. The molecule has 0 saturated carbocycles. The van der Waals surface area contributed by atoms with Gasteiger partial charge in [-0.2, -0.15) is 0 Å². The number of aryl methyl sites for hydroxylation is 1. The third-order valence-electron chi connectivity index (χ3n) is 4.76. The summed E-state index contributed by atoms with van der Waals surface area (Å²) in [7, 11) is 1.70. The van der Waals surface area contributed by atoms with E-state index in [1.54, 1.807) is 29.0 Å². The molecule has 0 aliphatic carbocycles. The third kappa shape index (κ3) is 3.83. The molecule has 2 N–H and O–H groups in total. The molecule has 0 aromatic heterocycles. The largest absolute Gasteiger partial charge is 0.399 e. The van der Waals surface area contributed by atoms with Crippen molar-refractivity contribution in [1.29, 1.82) is 0 Å². The molecule has 1 fully saturated rings. The summed E-state index contributed by atoms with van der Waals surface area (Å²) in [5.74, 6) is -0.201. The van der Waals surface area contributed by atoms with Crippen molar-refractivity contribution in [2.24, 2.45) is 0 Å². The third-order valence-corrected chi connectivity index (χ3v) is 4.76. The topological polar surface area (TPSA) is 66.6 Å². The van der Waals surface area contributed by atoms with Gasteiger partial charge in [0.25, 0.3) is 5.91 Å². The number of benzene rings is 2. The molecule has 1 atom stereocenters. The fourth-order valence-corrected chi connectivity index (χ4v) is 3.28. The fraction of sp³-hybridized carbons (Fsp3) is 0.300. The van der Waals surface area contributed by atoms with Gasteiger partial charge < -0.3 is 15.5 Å². The van der Waals surface area contributed by atoms with Gasteiger partial charge in [-0.05, 0) is 49.6 Å². The first-order valence-corrected chi connectivity index (χ1v) is 8.49. The molecular weight excluding hydrogens is 350 g/mol. The highest BCUT2D eigenvalue weighted by Crippen LogP contribution is 2.24. The Labute approximate surface area is 160 Å². The number of amides is 2. The van der Waals surface area contributed by atoms with E-state index in [2.05, 4.69) is 0 Å². The van der Waals surface area contributed by atoms with Crippen molar-refractivity contribution in [2.45, 2.75) is 25.8 Å². The normalized spacial score (nSPS) is 16.8. The maximum atomic E-state index is 13.0. The second-order valence-corrected chi connectivity index (χ2v) is 6.47. The second kappa shape index (κ2) is 8.23. The number of nitrogens with two attached hydrogens (primary N) is 1. The number of rotatable bonds is 3. The molecule has 1 unspecified atom stereocenters. The molecule has 1 aliphatic rings. The van der Waals surface area contributed by atoms with Gasteiger partial charge in [-0.15, -0.1) is 12.4 Å². The number of anilines is 2. The van der Waals surface area contributed by atoms with Gasteiger partial charge in [0.2, 0.25) is 5.91 Å². The van der Waals surface area contributed by atoms with Crippen LogP contribution in [0.4, 0.5) is 11.4 Å². The van der Waals surface area contributed by atoms with Gasteiger partial charge in [-0.3, -0.25) is 9.59 Å². The molecule has 26 heavy (non-hydrogen) atoms. The van der Waals surface area contributed by atoms with Gasteiger partial charge in [0.15, 0.2) is 0 Å². The van der Waals surface area contributed by atoms with Crippen LogP contribution in [-0.4, -0.2) is 36.3 Å². The lowest BCUT2D eigenvalue weighted by Crippen LogP contribution is -2.53. The Kier molecular flexibility index (Phi) is 6.27.